The summed E-state index contributed by atoms with van der Waals surface area (Å²) in [5.74, 6) is 1.05. The number of sulfone groups is 1. The smallest absolute Gasteiger partial charge is 0.201 e. The summed E-state index contributed by atoms with van der Waals surface area (Å²) in [6.07, 6.45) is 3.46. The molecule has 5 aliphatic heterocycles. The first kappa shape index (κ1) is 18.8. The van der Waals surface area contributed by atoms with Gasteiger partial charge in [0.15, 0.2) is 21.7 Å². The Labute approximate surface area is 161 Å². The lowest BCUT2D eigenvalue weighted by Gasteiger charge is -2.61. The normalized spacial score (nSPS) is 54.9. The van der Waals surface area contributed by atoms with Crippen LogP contribution in [-0.4, -0.2) is 61.8 Å². The molecule has 1 aliphatic carbocycles. The van der Waals surface area contributed by atoms with Gasteiger partial charge in [-0.15, -0.1) is 0 Å². The monoisotopic (exact) mass is 401 g/mol. The van der Waals surface area contributed by atoms with Gasteiger partial charge in [0.05, 0.1) is 11.5 Å². The Morgan fingerprint density at radius 1 is 1.00 bits per heavy atom. The molecule has 0 radical (unpaired) electrons. The molecule has 7 nitrogen and oxygen atoms in total. The number of fused-ring (bicyclic) bond motifs is 2. The SMILES string of the molecule is C[C@H]1[C@H](N2CCS(=O)(=O)CC2)O[C@@H]2O[C@]3(C)CC[C@H]4[C@H](C)CC[C@@H]1[C@@]24OO3. The Hall–Kier alpha value is -0.250. The molecule has 0 aromatic heterocycles. The quantitative estimate of drug-likeness (QED) is 0.622. The third-order valence-corrected chi connectivity index (χ3v) is 9.47. The zero-order valence-electron chi connectivity index (χ0n) is 16.4. The lowest BCUT2D eigenvalue weighted by Crippen LogP contribution is -2.72. The fraction of sp³-hybridized carbons (Fsp3) is 1.00. The first-order valence-corrected chi connectivity index (χ1v) is 12.2. The Bertz CT molecular complexity index is 701. The number of nitrogens with zero attached hydrogens (tertiary/aromatic N) is 1. The minimum Gasteiger partial charge on any atom is -0.331 e. The molecule has 0 amide bonds. The van der Waals surface area contributed by atoms with Gasteiger partial charge in [0.25, 0.3) is 0 Å². The summed E-state index contributed by atoms with van der Waals surface area (Å²) in [6, 6.07) is 0. The second kappa shape index (κ2) is 6.12. The summed E-state index contributed by atoms with van der Waals surface area (Å²) in [5.41, 5.74) is -0.550. The zero-order chi connectivity index (χ0) is 19.0. The molecule has 0 N–H and O–H groups in total. The van der Waals surface area contributed by atoms with E-state index in [4.69, 9.17) is 19.2 Å². The second-order valence-electron chi connectivity index (χ2n) is 9.48. The molecule has 5 saturated heterocycles. The van der Waals surface area contributed by atoms with Crippen molar-refractivity contribution in [2.45, 2.75) is 70.4 Å². The summed E-state index contributed by atoms with van der Waals surface area (Å²) in [5, 5.41) is 0. The lowest BCUT2D eigenvalue weighted by molar-refractivity contribution is -0.574. The molecule has 6 aliphatic rings. The molecule has 6 rings (SSSR count). The average Bonchev–Trinajstić information content (AvgIpc) is 2.85. The third kappa shape index (κ3) is 2.74. The maximum absolute atomic E-state index is 11.9. The van der Waals surface area contributed by atoms with E-state index in [1.165, 1.54) is 6.42 Å². The van der Waals surface area contributed by atoms with Crippen molar-refractivity contribution < 1.29 is 27.7 Å². The Morgan fingerprint density at radius 2 is 1.74 bits per heavy atom. The van der Waals surface area contributed by atoms with Crippen molar-refractivity contribution in [3.05, 3.63) is 0 Å². The fourth-order valence-corrected chi connectivity index (χ4v) is 7.51. The van der Waals surface area contributed by atoms with Crippen LogP contribution in [0.1, 0.15) is 46.5 Å². The van der Waals surface area contributed by atoms with Crippen LogP contribution in [0.4, 0.5) is 0 Å². The van der Waals surface area contributed by atoms with E-state index >= 15 is 0 Å². The highest BCUT2D eigenvalue weighted by molar-refractivity contribution is 7.91. The largest absolute Gasteiger partial charge is 0.331 e. The number of hydrogen-bond acceptors (Lipinski definition) is 7. The van der Waals surface area contributed by atoms with E-state index in [1.54, 1.807) is 0 Å². The number of rotatable bonds is 1. The van der Waals surface area contributed by atoms with Crippen LogP contribution in [0.3, 0.4) is 0 Å². The van der Waals surface area contributed by atoms with Crippen LogP contribution in [0, 0.1) is 23.7 Å². The van der Waals surface area contributed by atoms with Gasteiger partial charge in [-0.2, -0.15) is 0 Å². The molecule has 154 valence electrons. The van der Waals surface area contributed by atoms with E-state index in [-0.39, 0.29) is 29.6 Å². The van der Waals surface area contributed by atoms with Crippen LogP contribution in [0.25, 0.3) is 0 Å². The topological polar surface area (TPSA) is 74.3 Å². The number of ether oxygens (including phenoxy) is 2. The molecule has 5 heterocycles. The van der Waals surface area contributed by atoms with Gasteiger partial charge in [-0.3, -0.25) is 4.90 Å². The Balaban J connectivity index is 1.48. The molecule has 2 bridgehead atoms. The van der Waals surface area contributed by atoms with Crippen LogP contribution in [-0.2, 0) is 29.1 Å². The minimum absolute atomic E-state index is 0.137. The van der Waals surface area contributed by atoms with Gasteiger partial charge in [0.2, 0.25) is 5.79 Å². The molecule has 0 aromatic carbocycles. The van der Waals surface area contributed by atoms with Gasteiger partial charge in [0, 0.05) is 31.3 Å². The van der Waals surface area contributed by atoms with E-state index < -0.39 is 27.5 Å². The van der Waals surface area contributed by atoms with Gasteiger partial charge in [-0.1, -0.05) is 13.8 Å². The summed E-state index contributed by atoms with van der Waals surface area (Å²) in [6.45, 7) is 7.51. The highest BCUT2D eigenvalue weighted by atomic mass is 32.2. The zero-order valence-corrected chi connectivity index (χ0v) is 17.2. The van der Waals surface area contributed by atoms with Crippen molar-refractivity contribution in [1.82, 2.24) is 4.90 Å². The van der Waals surface area contributed by atoms with Gasteiger partial charge >= 0.3 is 0 Å². The minimum atomic E-state index is -2.92. The van der Waals surface area contributed by atoms with Crippen molar-refractivity contribution in [2.75, 3.05) is 24.6 Å². The maximum atomic E-state index is 11.9. The van der Waals surface area contributed by atoms with Gasteiger partial charge in [0.1, 0.15) is 6.23 Å². The Morgan fingerprint density at radius 3 is 2.48 bits per heavy atom. The molecule has 6 fully saturated rings. The molecule has 1 spiro atoms. The molecule has 27 heavy (non-hydrogen) atoms. The second-order valence-corrected chi connectivity index (χ2v) is 11.8. The van der Waals surface area contributed by atoms with E-state index in [9.17, 15) is 8.42 Å². The predicted octanol–water partition coefficient (Wildman–Crippen LogP) is 1.92. The molecule has 0 aromatic rings. The summed E-state index contributed by atoms with van der Waals surface area (Å²) >= 11 is 0. The summed E-state index contributed by atoms with van der Waals surface area (Å²) in [7, 11) is -2.92. The van der Waals surface area contributed by atoms with E-state index in [2.05, 4.69) is 18.7 Å². The lowest BCUT2D eigenvalue weighted by atomic mass is 9.58. The Kier molecular flexibility index (Phi) is 4.25. The highest BCUT2D eigenvalue weighted by Gasteiger charge is 2.69. The van der Waals surface area contributed by atoms with Gasteiger partial charge < -0.3 is 9.47 Å². The van der Waals surface area contributed by atoms with Gasteiger partial charge in [-0.25, -0.2) is 18.2 Å². The molecule has 0 unspecified atom stereocenters. The van der Waals surface area contributed by atoms with Crippen molar-refractivity contribution in [3.63, 3.8) is 0 Å². The molecular weight excluding hydrogens is 370 g/mol. The van der Waals surface area contributed by atoms with Crippen molar-refractivity contribution in [3.8, 4) is 0 Å². The highest BCUT2D eigenvalue weighted by Crippen LogP contribution is 2.60. The molecule has 8 atom stereocenters. The summed E-state index contributed by atoms with van der Waals surface area (Å²) in [4.78, 5) is 14.2. The average molecular weight is 402 g/mol. The van der Waals surface area contributed by atoms with E-state index in [1.807, 2.05) is 6.92 Å². The van der Waals surface area contributed by atoms with Crippen LogP contribution >= 0.6 is 0 Å². The molecular formula is C19H31NO6S. The van der Waals surface area contributed by atoms with Crippen LogP contribution in [0.5, 0.6) is 0 Å². The van der Waals surface area contributed by atoms with Crippen LogP contribution < -0.4 is 0 Å². The third-order valence-electron chi connectivity index (χ3n) is 7.86. The van der Waals surface area contributed by atoms with Gasteiger partial charge in [-0.05, 0) is 38.0 Å². The van der Waals surface area contributed by atoms with Crippen molar-refractivity contribution in [1.29, 1.82) is 0 Å². The van der Waals surface area contributed by atoms with E-state index in [0.29, 0.717) is 24.9 Å². The number of hydrogen-bond donors (Lipinski definition) is 0. The van der Waals surface area contributed by atoms with Crippen LogP contribution in [0.15, 0.2) is 0 Å². The first-order chi connectivity index (χ1) is 12.7. The predicted molar refractivity (Wildman–Crippen MR) is 97.1 cm³/mol. The first-order valence-electron chi connectivity index (χ1n) is 10.4. The molecule has 1 saturated carbocycles. The van der Waals surface area contributed by atoms with Crippen LogP contribution in [0.2, 0.25) is 0 Å². The fourth-order valence-electron chi connectivity index (χ4n) is 6.29. The maximum Gasteiger partial charge on any atom is 0.201 e. The molecule has 8 heteroatoms. The van der Waals surface area contributed by atoms with E-state index in [0.717, 1.165) is 19.3 Å². The van der Waals surface area contributed by atoms with Crippen molar-refractivity contribution >= 4 is 9.84 Å². The summed E-state index contributed by atoms with van der Waals surface area (Å²) < 4.78 is 36.7. The standard InChI is InChI=1S/C19H31NO6S/c1-12-4-5-15-13(2)16(20-8-10-27(21,22)11-9-20)23-17-19(15)14(12)6-7-18(3,24-17)25-26-19/h12-17H,4-11H2,1-3H3/t12-,13-,14+,15+,16-,17-,18+,19-/m1/s1. The van der Waals surface area contributed by atoms with Crippen molar-refractivity contribution in [2.24, 2.45) is 23.7 Å².